The van der Waals surface area contributed by atoms with Crippen LogP contribution in [0.15, 0.2) is 33.1 Å². The Morgan fingerprint density at radius 2 is 2.00 bits per heavy atom. The Hall–Kier alpha value is -1.12. The zero-order valence-corrected chi connectivity index (χ0v) is 17.9. The minimum Gasteiger partial charge on any atom is -0.357 e. The van der Waals surface area contributed by atoms with Crippen molar-refractivity contribution >= 4 is 50.1 Å². The molecule has 1 amide bonds. The second-order valence-electron chi connectivity index (χ2n) is 6.48. The average Bonchev–Trinajstić information content (AvgIpc) is 3.09. The van der Waals surface area contributed by atoms with E-state index in [9.17, 15) is 4.79 Å². The molecule has 1 aliphatic rings. The fourth-order valence-corrected chi connectivity index (χ4v) is 4.90. The number of amides is 1. The Bertz CT molecular complexity index is 716. The van der Waals surface area contributed by atoms with E-state index < -0.39 is 0 Å². The fourth-order valence-electron chi connectivity index (χ4n) is 2.99. The van der Waals surface area contributed by atoms with Gasteiger partial charge in [0.15, 0.2) is 4.34 Å². The summed E-state index contributed by atoms with van der Waals surface area (Å²) in [6, 6.07) is 8.48. The van der Waals surface area contributed by atoms with E-state index in [1.807, 2.05) is 31.2 Å². The molecule has 0 saturated heterocycles. The van der Waals surface area contributed by atoms with Crippen molar-refractivity contribution in [1.29, 1.82) is 0 Å². The molecule has 0 aliphatic heterocycles. The maximum Gasteiger partial charge on any atom is 0.230 e. The number of nitrogens with one attached hydrogen (secondary N) is 2. The molecule has 2 N–H and O–H groups in total. The van der Waals surface area contributed by atoms with Crippen molar-refractivity contribution in [3.05, 3.63) is 34.3 Å². The fraction of sp³-hybridized carbons (Fsp3) is 0.500. The summed E-state index contributed by atoms with van der Waals surface area (Å²) in [7, 11) is 0. The number of rotatable bonds is 7. The first-order chi connectivity index (χ1) is 12.6. The Kier molecular flexibility index (Phi) is 7.33. The third kappa shape index (κ3) is 5.96. The number of carbonyl (C=O) groups is 1. The molecule has 5 nitrogen and oxygen atoms in total. The maximum atomic E-state index is 12.2. The molecule has 0 radical (unpaired) electrons. The van der Waals surface area contributed by atoms with Crippen LogP contribution in [0.5, 0.6) is 0 Å². The number of nitrogens with zero attached hydrogens (tertiary/aromatic N) is 2. The lowest BCUT2D eigenvalue weighted by Crippen LogP contribution is -2.28. The predicted molar refractivity (Wildman–Crippen MR) is 112 cm³/mol. The molecule has 1 aliphatic carbocycles. The van der Waals surface area contributed by atoms with Crippen LogP contribution in [-0.2, 0) is 4.79 Å². The van der Waals surface area contributed by atoms with Crippen molar-refractivity contribution in [1.82, 2.24) is 15.5 Å². The quantitative estimate of drug-likeness (QED) is 0.575. The highest BCUT2D eigenvalue weighted by Crippen LogP contribution is 2.28. The Morgan fingerprint density at radius 3 is 2.73 bits per heavy atom. The molecule has 3 rings (SSSR count). The van der Waals surface area contributed by atoms with Gasteiger partial charge in [-0.05, 0) is 37.5 Å². The molecule has 8 heteroatoms. The highest BCUT2D eigenvalue weighted by atomic mass is 79.9. The van der Waals surface area contributed by atoms with E-state index in [0.717, 1.165) is 19.5 Å². The summed E-state index contributed by atoms with van der Waals surface area (Å²) in [4.78, 5) is 12.2. The molecular weight excluding hydrogens is 432 g/mol. The summed E-state index contributed by atoms with van der Waals surface area (Å²) in [5, 5.41) is 15.8. The van der Waals surface area contributed by atoms with Crippen molar-refractivity contribution in [2.24, 2.45) is 0 Å². The normalized spacial score (nSPS) is 16.2. The standard InChI is InChI=1S/C18H23BrN4OS2/c1-12(13-7-9-14(19)10-8-13)20-16(24)11-25-18-23-22-17(26-18)21-15-5-3-2-4-6-15/h7-10,12,15H,2-6,11H2,1H3,(H,20,24)(H,21,22). The molecule has 1 aromatic heterocycles. The minimum absolute atomic E-state index is 0.00223. The second kappa shape index (κ2) is 9.71. The monoisotopic (exact) mass is 454 g/mol. The van der Waals surface area contributed by atoms with Gasteiger partial charge in [-0.2, -0.15) is 0 Å². The summed E-state index contributed by atoms with van der Waals surface area (Å²) in [5.74, 6) is 0.348. The summed E-state index contributed by atoms with van der Waals surface area (Å²) in [6.07, 6.45) is 6.32. The summed E-state index contributed by atoms with van der Waals surface area (Å²) >= 11 is 6.39. The number of thioether (sulfide) groups is 1. The summed E-state index contributed by atoms with van der Waals surface area (Å²) in [6.45, 7) is 1.99. The van der Waals surface area contributed by atoms with Gasteiger partial charge in [0.05, 0.1) is 11.8 Å². The van der Waals surface area contributed by atoms with E-state index in [2.05, 4.69) is 36.8 Å². The van der Waals surface area contributed by atoms with Gasteiger partial charge in [0, 0.05) is 10.5 Å². The molecule has 0 bridgehead atoms. The zero-order valence-electron chi connectivity index (χ0n) is 14.7. The van der Waals surface area contributed by atoms with Crippen molar-refractivity contribution in [2.45, 2.75) is 55.5 Å². The number of benzene rings is 1. The number of carbonyl (C=O) groups excluding carboxylic acids is 1. The number of hydrogen-bond donors (Lipinski definition) is 2. The largest absolute Gasteiger partial charge is 0.357 e. The maximum absolute atomic E-state index is 12.2. The molecule has 26 heavy (non-hydrogen) atoms. The van der Waals surface area contributed by atoms with E-state index in [4.69, 9.17) is 0 Å². The molecule has 1 fully saturated rings. The van der Waals surface area contributed by atoms with E-state index >= 15 is 0 Å². The van der Waals surface area contributed by atoms with Crippen molar-refractivity contribution in [3.63, 3.8) is 0 Å². The van der Waals surface area contributed by atoms with Gasteiger partial charge >= 0.3 is 0 Å². The molecular formula is C18H23BrN4OS2. The van der Waals surface area contributed by atoms with Crippen LogP contribution in [0.3, 0.4) is 0 Å². The van der Waals surface area contributed by atoms with Crippen LogP contribution in [0.25, 0.3) is 0 Å². The summed E-state index contributed by atoms with van der Waals surface area (Å²) < 4.78 is 1.86. The molecule has 0 spiro atoms. The third-order valence-electron chi connectivity index (χ3n) is 4.41. The summed E-state index contributed by atoms with van der Waals surface area (Å²) in [5.41, 5.74) is 1.08. The average molecular weight is 455 g/mol. The van der Waals surface area contributed by atoms with Gasteiger partial charge in [-0.15, -0.1) is 10.2 Å². The van der Waals surface area contributed by atoms with E-state index in [1.54, 1.807) is 0 Å². The van der Waals surface area contributed by atoms with Gasteiger partial charge in [-0.1, -0.05) is 70.4 Å². The number of aromatic nitrogens is 2. The predicted octanol–water partition coefficient (Wildman–Crippen LogP) is 5.01. The van der Waals surface area contributed by atoms with Crippen LogP contribution < -0.4 is 10.6 Å². The molecule has 2 aromatic rings. The van der Waals surface area contributed by atoms with Gasteiger partial charge in [0.25, 0.3) is 0 Å². The number of anilines is 1. The van der Waals surface area contributed by atoms with Gasteiger partial charge in [0.1, 0.15) is 0 Å². The highest BCUT2D eigenvalue weighted by molar-refractivity contribution is 9.10. The minimum atomic E-state index is -0.0193. The van der Waals surface area contributed by atoms with Crippen LogP contribution >= 0.6 is 39.0 Å². The van der Waals surface area contributed by atoms with Crippen molar-refractivity contribution in [2.75, 3.05) is 11.1 Å². The molecule has 1 aromatic carbocycles. The SMILES string of the molecule is CC(NC(=O)CSc1nnc(NC2CCCCC2)s1)c1ccc(Br)cc1. The van der Waals surface area contributed by atoms with Crippen molar-refractivity contribution in [3.8, 4) is 0 Å². The topological polar surface area (TPSA) is 66.9 Å². The molecule has 1 heterocycles. The molecule has 1 saturated carbocycles. The lowest BCUT2D eigenvalue weighted by atomic mass is 9.96. The lowest BCUT2D eigenvalue weighted by Gasteiger charge is -2.21. The van der Waals surface area contributed by atoms with Gasteiger partial charge in [-0.3, -0.25) is 4.79 Å². The van der Waals surface area contributed by atoms with Crippen molar-refractivity contribution < 1.29 is 4.79 Å². The zero-order chi connectivity index (χ0) is 18.4. The van der Waals surface area contributed by atoms with Crippen LogP contribution in [0.2, 0.25) is 0 Å². The van der Waals surface area contributed by atoms with Crippen LogP contribution in [0.1, 0.15) is 50.6 Å². The van der Waals surface area contributed by atoms with Crippen LogP contribution in [-0.4, -0.2) is 27.9 Å². The number of halogens is 1. The van der Waals surface area contributed by atoms with Gasteiger partial charge in [0.2, 0.25) is 11.0 Å². The molecule has 1 unspecified atom stereocenters. The second-order valence-corrected chi connectivity index (χ2v) is 9.60. The lowest BCUT2D eigenvalue weighted by molar-refractivity contribution is -0.119. The van der Waals surface area contributed by atoms with E-state index in [1.165, 1.54) is 55.2 Å². The number of hydrogen-bond acceptors (Lipinski definition) is 6. The first kappa shape index (κ1) is 19.6. The Balaban J connectivity index is 1.43. The van der Waals surface area contributed by atoms with Crippen LogP contribution in [0.4, 0.5) is 5.13 Å². The molecule has 140 valence electrons. The van der Waals surface area contributed by atoms with Gasteiger partial charge < -0.3 is 10.6 Å². The Labute approximate surface area is 170 Å². The third-order valence-corrected chi connectivity index (χ3v) is 6.93. The molecule has 1 atom stereocenters. The first-order valence-corrected chi connectivity index (χ1v) is 11.5. The Morgan fingerprint density at radius 1 is 1.27 bits per heavy atom. The first-order valence-electron chi connectivity index (χ1n) is 8.88. The van der Waals surface area contributed by atoms with Crippen LogP contribution in [0, 0.1) is 0 Å². The highest BCUT2D eigenvalue weighted by Gasteiger charge is 2.16. The van der Waals surface area contributed by atoms with E-state index in [0.29, 0.717) is 11.8 Å². The van der Waals surface area contributed by atoms with Gasteiger partial charge in [-0.25, -0.2) is 0 Å². The smallest absolute Gasteiger partial charge is 0.230 e. The van der Waals surface area contributed by atoms with E-state index in [-0.39, 0.29) is 11.9 Å².